The molecule has 2 aromatic carbocycles. The van der Waals surface area contributed by atoms with Crippen molar-refractivity contribution in [1.29, 1.82) is 0 Å². The van der Waals surface area contributed by atoms with E-state index in [1.165, 1.54) is 11.1 Å². The number of rotatable bonds is 9. The lowest BCUT2D eigenvalue weighted by Crippen LogP contribution is -2.41. The van der Waals surface area contributed by atoms with Crippen LogP contribution >= 0.6 is 11.8 Å². The Kier molecular flexibility index (Phi) is 8.38. The third-order valence-electron chi connectivity index (χ3n) is 4.63. The van der Waals surface area contributed by atoms with Crippen molar-refractivity contribution in [3.05, 3.63) is 65.2 Å². The monoisotopic (exact) mass is 448 g/mol. The molecule has 0 aromatic heterocycles. The molecule has 0 fully saturated rings. The molecule has 2 aromatic rings. The average Bonchev–Trinajstić information content (AvgIpc) is 2.64. The molecule has 0 bridgehead atoms. The van der Waals surface area contributed by atoms with Gasteiger partial charge in [-0.2, -0.15) is 11.8 Å². The SMILES string of the molecule is Cc1cccc(CSCCNC(=O)CN(c2ccc(C(C)(C)C)cc2)S(C)(=O)=O)c1. The summed E-state index contributed by atoms with van der Waals surface area (Å²) in [5.74, 6) is 1.34. The minimum absolute atomic E-state index is 0.0259. The van der Waals surface area contributed by atoms with Crippen LogP contribution in [0.25, 0.3) is 0 Å². The lowest BCUT2D eigenvalue weighted by atomic mass is 9.87. The van der Waals surface area contributed by atoms with Gasteiger partial charge < -0.3 is 5.32 Å². The largest absolute Gasteiger partial charge is 0.354 e. The van der Waals surface area contributed by atoms with E-state index in [2.05, 4.69) is 51.2 Å². The van der Waals surface area contributed by atoms with Crippen molar-refractivity contribution < 1.29 is 13.2 Å². The number of amides is 1. The number of thioether (sulfide) groups is 1. The highest BCUT2D eigenvalue weighted by molar-refractivity contribution is 7.98. The number of hydrogen-bond donors (Lipinski definition) is 1. The Hall–Kier alpha value is -1.99. The van der Waals surface area contributed by atoms with E-state index in [9.17, 15) is 13.2 Å². The second-order valence-corrected chi connectivity index (χ2v) is 11.5. The van der Waals surface area contributed by atoms with Crippen LogP contribution in [-0.2, 0) is 26.0 Å². The predicted molar refractivity (Wildman–Crippen MR) is 128 cm³/mol. The summed E-state index contributed by atoms with van der Waals surface area (Å²) >= 11 is 1.74. The van der Waals surface area contributed by atoms with E-state index < -0.39 is 10.0 Å². The number of nitrogens with zero attached hydrogens (tertiary/aromatic N) is 1. The molecule has 1 N–H and O–H groups in total. The molecular formula is C23H32N2O3S2. The standard InChI is InChI=1S/C23H32N2O3S2/c1-18-7-6-8-19(15-18)17-29-14-13-24-22(26)16-25(30(5,27)28)21-11-9-20(10-12-21)23(2,3)4/h6-12,15H,13-14,16-17H2,1-5H3,(H,24,26). The number of nitrogens with one attached hydrogen (secondary N) is 1. The average molecular weight is 449 g/mol. The maximum atomic E-state index is 12.4. The fourth-order valence-corrected chi connectivity index (χ4v) is 4.63. The van der Waals surface area contributed by atoms with Crippen LogP contribution in [0.2, 0.25) is 0 Å². The number of hydrogen-bond acceptors (Lipinski definition) is 4. The van der Waals surface area contributed by atoms with Gasteiger partial charge in [0.05, 0.1) is 11.9 Å². The smallest absolute Gasteiger partial charge is 0.240 e. The Bertz CT molecular complexity index is 949. The third-order valence-corrected chi connectivity index (χ3v) is 6.80. The summed E-state index contributed by atoms with van der Waals surface area (Å²) in [6.07, 6.45) is 1.12. The Morgan fingerprint density at radius 3 is 2.33 bits per heavy atom. The summed E-state index contributed by atoms with van der Waals surface area (Å²) in [7, 11) is -3.57. The number of anilines is 1. The van der Waals surface area contributed by atoms with Gasteiger partial charge >= 0.3 is 0 Å². The summed E-state index contributed by atoms with van der Waals surface area (Å²) in [5.41, 5.74) is 4.07. The summed E-state index contributed by atoms with van der Waals surface area (Å²) in [4.78, 5) is 12.4. The fraction of sp³-hybridized carbons (Fsp3) is 0.435. The van der Waals surface area contributed by atoms with Gasteiger partial charge in [0.15, 0.2) is 0 Å². The number of aryl methyl sites for hydroxylation is 1. The Balaban J connectivity index is 1.88. The molecule has 164 valence electrons. The maximum Gasteiger partial charge on any atom is 0.240 e. The van der Waals surface area contributed by atoms with Crippen LogP contribution in [-0.4, -0.2) is 39.4 Å². The van der Waals surface area contributed by atoms with Gasteiger partial charge in [-0.25, -0.2) is 8.42 Å². The second-order valence-electron chi connectivity index (χ2n) is 8.46. The van der Waals surface area contributed by atoms with Gasteiger partial charge in [-0.05, 0) is 35.6 Å². The summed E-state index contributed by atoms with van der Waals surface area (Å²) < 4.78 is 25.7. The summed E-state index contributed by atoms with van der Waals surface area (Å²) in [6, 6.07) is 15.7. The fourth-order valence-electron chi connectivity index (χ4n) is 2.97. The Labute approximate surface area is 185 Å². The van der Waals surface area contributed by atoms with Gasteiger partial charge in [-0.3, -0.25) is 9.10 Å². The van der Waals surface area contributed by atoms with Crippen LogP contribution in [0.3, 0.4) is 0 Å². The zero-order chi connectivity index (χ0) is 22.4. The van der Waals surface area contributed by atoms with Crippen LogP contribution in [0, 0.1) is 6.92 Å². The van der Waals surface area contributed by atoms with E-state index in [0.29, 0.717) is 12.2 Å². The predicted octanol–water partition coefficient (Wildman–Crippen LogP) is 4.11. The van der Waals surface area contributed by atoms with E-state index in [1.54, 1.807) is 23.9 Å². The number of carbonyl (C=O) groups excluding carboxylic acids is 1. The zero-order valence-corrected chi connectivity index (χ0v) is 20.1. The molecule has 0 heterocycles. The van der Waals surface area contributed by atoms with Crippen molar-refractivity contribution in [2.75, 3.05) is 29.4 Å². The van der Waals surface area contributed by atoms with Crippen LogP contribution in [0.1, 0.15) is 37.5 Å². The topological polar surface area (TPSA) is 66.5 Å². The molecule has 0 aliphatic rings. The summed E-state index contributed by atoms with van der Waals surface area (Å²) in [5, 5.41) is 2.82. The minimum Gasteiger partial charge on any atom is -0.354 e. The molecule has 7 heteroatoms. The Morgan fingerprint density at radius 2 is 1.77 bits per heavy atom. The van der Waals surface area contributed by atoms with Gasteiger partial charge in [-0.1, -0.05) is 62.7 Å². The molecule has 0 radical (unpaired) electrons. The van der Waals surface area contributed by atoms with Crippen LogP contribution in [0.4, 0.5) is 5.69 Å². The molecule has 2 rings (SSSR count). The first kappa shape index (κ1) is 24.3. The number of benzene rings is 2. The number of sulfonamides is 1. The number of carbonyl (C=O) groups is 1. The minimum atomic E-state index is -3.57. The van der Waals surface area contributed by atoms with Crippen molar-refractivity contribution in [2.24, 2.45) is 0 Å². The second kappa shape index (κ2) is 10.4. The van der Waals surface area contributed by atoms with Gasteiger partial charge in [-0.15, -0.1) is 0 Å². The first-order valence-corrected chi connectivity index (χ1v) is 13.0. The first-order valence-electron chi connectivity index (χ1n) is 9.95. The van der Waals surface area contributed by atoms with Gasteiger partial charge in [0.25, 0.3) is 0 Å². The van der Waals surface area contributed by atoms with E-state index in [1.807, 2.05) is 18.2 Å². The molecular weight excluding hydrogens is 416 g/mol. The van der Waals surface area contributed by atoms with Gasteiger partial charge in [0, 0.05) is 18.1 Å². The molecule has 0 saturated carbocycles. The molecule has 0 saturated heterocycles. The molecule has 0 aliphatic heterocycles. The molecule has 0 aliphatic carbocycles. The van der Waals surface area contributed by atoms with Gasteiger partial charge in [0.1, 0.15) is 6.54 Å². The first-order chi connectivity index (χ1) is 14.0. The zero-order valence-electron chi connectivity index (χ0n) is 18.4. The van der Waals surface area contributed by atoms with E-state index in [4.69, 9.17) is 0 Å². The molecule has 0 atom stereocenters. The van der Waals surface area contributed by atoms with Crippen LogP contribution in [0.5, 0.6) is 0 Å². The van der Waals surface area contributed by atoms with Gasteiger partial charge in [0.2, 0.25) is 15.9 Å². The van der Waals surface area contributed by atoms with Crippen molar-refractivity contribution in [3.8, 4) is 0 Å². The normalized spacial score (nSPS) is 11.9. The van der Waals surface area contributed by atoms with Crippen molar-refractivity contribution in [1.82, 2.24) is 5.32 Å². The van der Waals surface area contributed by atoms with E-state index >= 15 is 0 Å². The Morgan fingerprint density at radius 1 is 1.10 bits per heavy atom. The van der Waals surface area contributed by atoms with E-state index in [0.717, 1.165) is 27.6 Å². The third kappa shape index (κ3) is 7.69. The highest BCUT2D eigenvalue weighted by Gasteiger charge is 2.21. The van der Waals surface area contributed by atoms with Crippen molar-refractivity contribution in [2.45, 2.75) is 38.9 Å². The molecule has 0 spiro atoms. The van der Waals surface area contributed by atoms with Crippen molar-refractivity contribution in [3.63, 3.8) is 0 Å². The van der Waals surface area contributed by atoms with Crippen LogP contribution < -0.4 is 9.62 Å². The summed E-state index contributed by atoms with van der Waals surface area (Å²) in [6.45, 7) is 8.63. The van der Waals surface area contributed by atoms with E-state index in [-0.39, 0.29) is 17.9 Å². The van der Waals surface area contributed by atoms with Crippen LogP contribution in [0.15, 0.2) is 48.5 Å². The molecule has 0 unspecified atom stereocenters. The molecule has 30 heavy (non-hydrogen) atoms. The maximum absolute atomic E-state index is 12.4. The lowest BCUT2D eigenvalue weighted by Gasteiger charge is -2.24. The lowest BCUT2D eigenvalue weighted by molar-refractivity contribution is -0.119. The molecule has 5 nitrogen and oxygen atoms in total. The highest BCUT2D eigenvalue weighted by atomic mass is 32.2. The highest BCUT2D eigenvalue weighted by Crippen LogP contribution is 2.25. The van der Waals surface area contributed by atoms with Crippen molar-refractivity contribution >= 4 is 33.4 Å². The molecule has 1 amide bonds. The quantitative estimate of drug-likeness (QED) is 0.586.